The van der Waals surface area contributed by atoms with Gasteiger partial charge in [0.15, 0.2) is 0 Å². The molecule has 78 valence electrons. The van der Waals surface area contributed by atoms with Crippen LogP contribution in [0.5, 0.6) is 0 Å². The Bertz CT molecular complexity index is 269. The van der Waals surface area contributed by atoms with Gasteiger partial charge >= 0.3 is 0 Å². The maximum absolute atomic E-state index is 10.2. The van der Waals surface area contributed by atoms with E-state index in [1.807, 2.05) is 6.08 Å². The molecular formula is C13H20O. The predicted molar refractivity (Wildman–Crippen MR) is 60.2 cm³/mol. The number of allylic oxidation sites excluding steroid dienone is 4. The van der Waals surface area contributed by atoms with E-state index in [9.17, 15) is 4.79 Å². The largest absolute Gasteiger partial charge is 0.299 e. The van der Waals surface area contributed by atoms with Crippen molar-refractivity contribution in [2.24, 2.45) is 5.41 Å². The molecule has 1 aliphatic carbocycles. The summed E-state index contributed by atoms with van der Waals surface area (Å²) >= 11 is 0. The Balaban J connectivity index is 2.75. The first kappa shape index (κ1) is 11.2. The second-order valence-corrected chi connectivity index (χ2v) is 4.73. The molecule has 0 saturated carbocycles. The summed E-state index contributed by atoms with van der Waals surface area (Å²) in [5, 5.41) is 0. The van der Waals surface area contributed by atoms with Crippen LogP contribution >= 0.6 is 0 Å². The molecule has 0 atom stereocenters. The van der Waals surface area contributed by atoms with Gasteiger partial charge in [-0.2, -0.15) is 0 Å². The summed E-state index contributed by atoms with van der Waals surface area (Å²) in [6, 6.07) is 0. The molecular weight excluding hydrogens is 172 g/mol. The van der Waals surface area contributed by atoms with Crippen LogP contribution in [0.2, 0.25) is 0 Å². The van der Waals surface area contributed by atoms with Crippen molar-refractivity contribution in [2.45, 2.75) is 46.5 Å². The molecule has 0 radical (unpaired) electrons. The zero-order valence-electron chi connectivity index (χ0n) is 9.47. The Morgan fingerprint density at radius 2 is 2.14 bits per heavy atom. The van der Waals surface area contributed by atoms with E-state index < -0.39 is 0 Å². The molecule has 0 N–H and O–H groups in total. The lowest BCUT2D eigenvalue weighted by molar-refractivity contribution is -0.104. The zero-order valence-corrected chi connectivity index (χ0v) is 9.47. The number of hydrogen-bond acceptors (Lipinski definition) is 1. The van der Waals surface area contributed by atoms with E-state index >= 15 is 0 Å². The summed E-state index contributed by atoms with van der Waals surface area (Å²) in [7, 11) is 0. The van der Waals surface area contributed by atoms with Crippen LogP contribution in [0.25, 0.3) is 0 Å². The average Bonchev–Trinajstić information content (AvgIpc) is 2.13. The third-order valence-electron chi connectivity index (χ3n) is 3.40. The van der Waals surface area contributed by atoms with Crippen LogP contribution in [0.3, 0.4) is 0 Å². The van der Waals surface area contributed by atoms with Gasteiger partial charge in [0.05, 0.1) is 0 Å². The fraction of sp³-hybridized carbons (Fsp3) is 0.615. The molecule has 0 saturated heterocycles. The molecule has 0 spiro atoms. The van der Waals surface area contributed by atoms with Crippen LogP contribution in [0, 0.1) is 5.41 Å². The number of carbonyl (C=O) groups excluding carboxylic acids is 1. The molecule has 0 aliphatic heterocycles. The van der Waals surface area contributed by atoms with Gasteiger partial charge in [-0.1, -0.05) is 31.1 Å². The molecule has 0 heterocycles. The lowest BCUT2D eigenvalue weighted by Crippen LogP contribution is -2.18. The molecule has 1 nitrogen and oxygen atoms in total. The normalized spacial score (nSPS) is 21.6. The lowest BCUT2D eigenvalue weighted by atomic mass is 9.72. The maximum Gasteiger partial charge on any atom is 0.142 e. The molecule has 1 rings (SSSR count). The molecule has 14 heavy (non-hydrogen) atoms. The summed E-state index contributed by atoms with van der Waals surface area (Å²) < 4.78 is 0. The van der Waals surface area contributed by atoms with Gasteiger partial charge < -0.3 is 0 Å². The zero-order chi connectivity index (χ0) is 10.6. The summed E-state index contributed by atoms with van der Waals surface area (Å²) in [4.78, 5) is 10.2. The number of rotatable bonds is 3. The van der Waals surface area contributed by atoms with E-state index in [0.29, 0.717) is 5.41 Å². The summed E-state index contributed by atoms with van der Waals surface area (Å²) in [5.74, 6) is 0. The molecule has 0 aromatic rings. The Hall–Kier alpha value is -0.850. The highest BCUT2D eigenvalue weighted by Crippen LogP contribution is 2.40. The summed E-state index contributed by atoms with van der Waals surface area (Å²) in [5.41, 5.74) is 3.42. The van der Waals surface area contributed by atoms with Gasteiger partial charge in [0.2, 0.25) is 0 Å². The van der Waals surface area contributed by atoms with Crippen LogP contribution < -0.4 is 0 Å². The maximum atomic E-state index is 10.2. The highest BCUT2D eigenvalue weighted by molar-refractivity contribution is 5.64. The standard InChI is InChI=1S/C13H20O/c1-11-12(7-4-5-10-14)8-6-9-13(11,2)3/h4-5,10H,6-9H2,1-3H3/b5-4-. The molecule has 0 fully saturated rings. The third-order valence-corrected chi connectivity index (χ3v) is 3.40. The van der Waals surface area contributed by atoms with Crippen LogP contribution in [0.1, 0.15) is 46.5 Å². The number of hydrogen-bond donors (Lipinski definition) is 0. The van der Waals surface area contributed by atoms with Crippen LogP contribution in [0.4, 0.5) is 0 Å². The van der Waals surface area contributed by atoms with Crippen molar-refractivity contribution in [3.05, 3.63) is 23.3 Å². The highest BCUT2D eigenvalue weighted by atomic mass is 16.1. The van der Waals surface area contributed by atoms with Crippen LogP contribution in [-0.4, -0.2) is 6.29 Å². The van der Waals surface area contributed by atoms with E-state index in [0.717, 1.165) is 12.7 Å². The van der Waals surface area contributed by atoms with Gasteiger partial charge in [-0.3, -0.25) is 4.79 Å². The molecule has 0 amide bonds. The van der Waals surface area contributed by atoms with Crippen LogP contribution in [0.15, 0.2) is 23.3 Å². The van der Waals surface area contributed by atoms with E-state index in [2.05, 4.69) is 20.8 Å². The van der Waals surface area contributed by atoms with Gasteiger partial charge in [-0.15, -0.1) is 0 Å². The Kier molecular flexibility index (Phi) is 3.68. The molecule has 1 aliphatic rings. The van der Waals surface area contributed by atoms with Gasteiger partial charge in [0, 0.05) is 0 Å². The summed E-state index contributed by atoms with van der Waals surface area (Å²) in [6.07, 6.45) is 9.15. The van der Waals surface area contributed by atoms with Gasteiger partial charge in [0.1, 0.15) is 6.29 Å². The predicted octanol–water partition coefficient (Wildman–Crippen LogP) is 3.66. The fourth-order valence-electron chi connectivity index (χ4n) is 2.12. The SMILES string of the molecule is CC1=C(C/C=C\C=O)CCCC1(C)C. The van der Waals surface area contributed by atoms with Crippen molar-refractivity contribution in [3.8, 4) is 0 Å². The first-order valence-electron chi connectivity index (χ1n) is 5.37. The minimum absolute atomic E-state index is 0.364. The number of carbonyl (C=O) groups is 1. The van der Waals surface area contributed by atoms with Crippen molar-refractivity contribution in [3.63, 3.8) is 0 Å². The quantitative estimate of drug-likeness (QED) is 0.379. The smallest absolute Gasteiger partial charge is 0.142 e. The second kappa shape index (κ2) is 4.59. The topological polar surface area (TPSA) is 17.1 Å². The van der Waals surface area contributed by atoms with Crippen molar-refractivity contribution >= 4 is 6.29 Å². The van der Waals surface area contributed by atoms with Gasteiger partial charge in [0.25, 0.3) is 0 Å². The van der Waals surface area contributed by atoms with Crippen molar-refractivity contribution in [1.29, 1.82) is 0 Å². The Morgan fingerprint density at radius 1 is 1.43 bits per heavy atom. The third kappa shape index (κ3) is 2.57. The Labute approximate surface area is 86.9 Å². The first-order chi connectivity index (χ1) is 6.58. The molecule has 0 aromatic heterocycles. The lowest BCUT2D eigenvalue weighted by Gasteiger charge is -2.33. The minimum Gasteiger partial charge on any atom is -0.299 e. The van der Waals surface area contributed by atoms with Crippen LogP contribution in [-0.2, 0) is 4.79 Å². The van der Waals surface area contributed by atoms with Crippen molar-refractivity contribution in [2.75, 3.05) is 0 Å². The fourth-order valence-corrected chi connectivity index (χ4v) is 2.12. The van der Waals surface area contributed by atoms with E-state index in [1.54, 1.807) is 6.08 Å². The highest BCUT2D eigenvalue weighted by Gasteiger charge is 2.25. The molecule has 0 aromatic carbocycles. The Morgan fingerprint density at radius 3 is 2.79 bits per heavy atom. The molecule has 1 heteroatoms. The average molecular weight is 192 g/mol. The van der Waals surface area contributed by atoms with E-state index in [1.165, 1.54) is 30.4 Å². The monoisotopic (exact) mass is 192 g/mol. The minimum atomic E-state index is 0.364. The molecule has 0 bridgehead atoms. The number of aldehydes is 1. The van der Waals surface area contributed by atoms with Crippen molar-refractivity contribution < 1.29 is 4.79 Å². The van der Waals surface area contributed by atoms with E-state index in [4.69, 9.17) is 0 Å². The van der Waals surface area contributed by atoms with E-state index in [-0.39, 0.29) is 0 Å². The molecule has 0 unspecified atom stereocenters. The van der Waals surface area contributed by atoms with Gasteiger partial charge in [-0.05, 0) is 44.1 Å². The summed E-state index contributed by atoms with van der Waals surface area (Å²) in [6.45, 7) is 6.86. The van der Waals surface area contributed by atoms with Crippen molar-refractivity contribution in [1.82, 2.24) is 0 Å². The van der Waals surface area contributed by atoms with Gasteiger partial charge in [-0.25, -0.2) is 0 Å². The first-order valence-corrected chi connectivity index (χ1v) is 5.37. The second-order valence-electron chi connectivity index (χ2n) is 4.73.